The lowest BCUT2D eigenvalue weighted by atomic mass is 9.79. The third kappa shape index (κ3) is 2.07. The number of hydrogen-bond acceptors (Lipinski definition) is 5. The largest absolute Gasteiger partial charge is 0.508 e. The molecule has 0 saturated carbocycles. The second-order valence-corrected chi connectivity index (χ2v) is 3.44. The van der Waals surface area contributed by atoms with E-state index in [9.17, 15) is 0 Å². The zero-order valence-corrected chi connectivity index (χ0v) is 8.28. The van der Waals surface area contributed by atoms with Gasteiger partial charge >= 0.3 is 14.2 Å². The monoisotopic (exact) mass is 217 g/mol. The minimum atomic E-state index is -1.60. The van der Waals surface area contributed by atoms with E-state index in [0.717, 1.165) is 0 Å². The molecule has 16 heavy (non-hydrogen) atoms. The predicted octanol–water partition coefficient (Wildman–Crippen LogP) is -2.41. The summed E-state index contributed by atoms with van der Waals surface area (Å²) >= 11 is 0. The molecule has 0 unspecified atom stereocenters. The van der Waals surface area contributed by atoms with Gasteiger partial charge in [-0.3, -0.25) is 4.98 Å². The molecule has 0 fully saturated rings. The summed E-state index contributed by atoms with van der Waals surface area (Å²) in [5.74, 6) is 0. The van der Waals surface area contributed by atoms with E-state index < -0.39 is 14.2 Å². The molecule has 4 N–H and O–H groups in total. The van der Waals surface area contributed by atoms with Crippen LogP contribution in [0.4, 0.5) is 0 Å². The van der Waals surface area contributed by atoms with Gasteiger partial charge in [-0.05, 0) is 23.0 Å². The third-order valence-electron chi connectivity index (χ3n) is 2.30. The van der Waals surface area contributed by atoms with Crippen LogP contribution in [-0.2, 0) is 0 Å². The molecule has 1 aromatic heterocycles. The summed E-state index contributed by atoms with van der Waals surface area (Å²) in [6, 6.07) is 7.81. The van der Waals surface area contributed by atoms with Crippen LogP contribution in [0, 0.1) is 0 Å². The van der Waals surface area contributed by atoms with Crippen LogP contribution in [-0.4, -0.2) is 39.3 Å². The number of fused-ring (bicyclic) bond motifs is 1. The van der Waals surface area contributed by atoms with E-state index in [0.29, 0.717) is 16.4 Å². The molecule has 0 aliphatic heterocycles. The number of benzene rings is 1. The van der Waals surface area contributed by atoms with E-state index in [-0.39, 0.29) is 5.59 Å². The van der Waals surface area contributed by atoms with Gasteiger partial charge in [0.05, 0.1) is 11.1 Å². The zero-order chi connectivity index (χ0) is 11.7. The van der Waals surface area contributed by atoms with Gasteiger partial charge in [0, 0.05) is 0 Å². The Morgan fingerprint density at radius 3 is 2.25 bits per heavy atom. The van der Waals surface area contributed by atoms with Crippen LogP contribution in [0.1, 0.15) is 0 Å². The Bertz CT molecular complexity index is 471. The van der Waals surface area contributed by atoms with E-state index >= 15 is 0 Å². The minimum absolute atomic E-state index is 0.157. The van der Waals surface area contributed by atoms with Gasteiger partial charge in [0.1, 0.15) is 0 Å². The lowest BCUT2D eigenvalue weighted by Gasteiger charge is -2.04. The van der Waals surface area contributed by atoms with Crippen molar-refractivity contribution in [2.24, 2.45) is 0 Å². The van der Waals surface area contributed by atoms with Crippen molar-refractivity contribution in [2.45, 2.75) is 0 Å². The molecule has 7 heteroatoms. The summed E-state index contributed by atoms with van der Waals surface area (Å²) in [7, 11) is -3.12. The SMILES string of the molecule is OB(O)c1ccc2nc(B(O)O)ccc2c1. The van der Waals surface area contributed by atoms with E-state index in [1.54, 1.807) is 18.2 Å². The Balaban J connectivity index is 2.53. The smallest absolute Gasteiger partial charge is 0.423 e. The lowest BCUT2D eigenvalue weighted by molar-refractivity contribution is 0.423. The van der Waals surface area contributed by atoms with E-state index in [4.69, 9.17) is 20.1 Å². The standard InChI is InChI=1S/C9H9B2NO4/c13-10(14)7-2-3-8-6(5-7)1-4-9(12-8)11(15)16/h1-5,13-16H. The minimum Gasteiger partial charge on any atom is -0.423 e. The van der Waals surface area contributed by atoms with Gasteiger partial charge in [0.2, 0.25) is 0 Å². The van der Waals surface area contributed by atoms with Crippen molar-refractivity contribution < 1.29 is 20.1 Å². The van der Waals surface area contributed by atoms with Crippen LogP contribution < -0.4 is 11.1 Å². The maximum absolute atomic E-state index is 8.98. The highest BCUT2D eigenvalue weighted by molar-refractivity contribution is 6.59. The molecule has 2 rings (SSSR count). The van der Waals surface area contributed by atoms with Gasteiger partial charge in [0.25, 0.3) is 0 Å². The van der Waals surface area contributed by atoms with Crippen molar-refractivity contribution in [2.75, 3.05) is 0 Å². The highest BCUT2D eigenvalue weighted by Crippen LogP contribution is 2.07. The fraction of sp³-hybridized carbons (Fsp3) is 0. The first-order valence-corrected chi connectivity index (χ1v) is 4.71. The van der Waals surface area contributed by atoms with Crippen LogP contribution in [0.25, 0.3) is 10.9 Å². The van der Waals surface area contributed by atoms with Gasteiger partial charge in [-0.25, -0.2) is 0 Å². The van der Waals surface area contributed by atoms with E-state index in [1.165, 1.54) is 12.1 Å². The van der Waals surface area contributed by atoms with Gasteiger partial charge in [-0.15, -0.1) is 0 Å². The molecule has 1 aromatic carbocycles. The van der Waals surface area contributed by atoms with Gasteiger partial charge in [0.15, 0.2) is 0 Å². The summed E-state index contributed by atoms with van der Waals surface area (Å²) in [5, 5.41) is 36.5. The molecular weight excluding hydrogens is 208 g/mol. The topological polar surface area (TPSA) is 93.8 Å². The maximum Gasteiger partial charge on any atom is 0.508 e. The molecule has 2 aromatic rings. The summed E-state index contributed by atoms with van der Waals surface area (Å²) in [6.45, 7) is 0. The van der Waals surface area contributed by atoms with Crippen molar-refractivity contribution in [3.63, 3.8) is 0 Å². The van der Waals surface area contributed by atoms with Crippen molar-refractivity contribution in [1.29, 1.82) is 0 Å². The quantitative estimate of drug-likeness (QED) is 0.420. The molecule has 0 radical (unpaired) electrons. The summed E-state index contributed by atoms with van der Waals surface area (Å²) in [4.78, 5) is 4.01. The van der Waals surface area contributed by atoms with E-state index in [2.05, 4.69) is 4.98 Å². The van der Waals surface area contributed by atoms with Gasteiger partial charge in [-0.2, -0.15) is 0 Å². The highest BCUT2D eigenvalue weighted by atomic mass is 16.4. The fourth-order valence-electron chi connectivity index (χ4n) is 1.46. The van der Waals surface area contributed by atoms with Crippen molar-refractivity contribution in [3.05, 3.63) is 30.3 Å². The summed E-state index contributed by atoms with van der Waals surface area (Å²) in [6.07, 6.45) is 0. The molecule has 0 saturated heterocycles. The summed E-state index contributed by atoms with van der Waals surface area (Å²) < 4.78 is 0. The number of nitrogens with zero attached hydrogens (tertiary/aromatic N) is 1. The van der Waals surface area contributed by atoms with Crippen LogP contribution in [0.5, 0.6) is 0 Å². The van der Waals surface area contributed by atoms with E-state index in [1.807, 2.05) is 0 Å². The molecule has 80 valence electrons. The van der Waals surface area contributed by atoms with Crippen molar-refractivity contribution in [1.82, 2.24) is 4.98 Å². The Kier molecular flexibility index (Phi) is 2.93. The molecule has 0 amide bonds. The van der Waals surface area contributed by atoms with Gasteiger partial charge < -0.3 is 20.1 Å². The Morgan fingerprint density at radius 2 is 1.62 bits per heavy atom. The average molecular weight is 217 g/mol. The van der Waals surface area contributed by atoms with Crippen LogP contribution in [0.15, 0.2) is 30.3 Å². The zero-order valence-electron chi connectivity index (χ0n) is 8.28. The molecule has 0 atom stereocenters. The second-order valence-electron chi connectivity index (χ2n) is 3.44. The number of aromatic nitrogens is 1. The first kappa shape index (κ1) is 11.1. The van der Waals surface area contributed by atoms with Crippen molar-refractivity contribution >= 4 is 36.2 Å². The molecule has 1 heterocycles. The predicted molar refractivity (Wildman–Crippen MR) is 61.4 cm³/mol. The Morgan fingerprint density at radius 1 is 0.875 bits per heavy atom. The number of rotatable bonds is 2. The Labute approximate surface area is 92.3 Å². The molecule has 0 bridgehead atoms. The maximum atomic E-state index is 8.98. The Hall–Kier alpha value is -1.40. The normalized spacial score (nSPS) is 10.5. The molecular formula is C9H9B2NO4. The third-order valence-corrected chi connectivity index (χ3v) is 2.30. The highest BCUT2D eigenvalue weighted by Gasteiger charge is 2.14. The lowest BCUT2D eigenvalue weighted by Crippen LogP contribution is -2.33. The number of hydrogen-bond donors (Lipinski definition) is 4. The van der Waals surface area contributed by atoms with Gasteiger partial charge in [-0.1, -0.05) is 18.2 Å². The molecule has 0 spiro atoms. The van der Waals surface area contributed by atoms with Crippen LogP contribution >= 0.6 is 0 Å². The van der Waals surface area contributed by atoms with Crippen LogP contribution in [0.2, 0.25) is 0 Å². The molecule has 0 aliphatic rings. The molecule has 5 nitrogen and oxygen atoms in total. The fourth-order valence-corrected chi connectivity index (χ4v) is 1.46. The van der Waals surface area contributed by atoms with Crippen molar-refractivity contribution in [3.8, 4) is 0 Å². The molecule has 0 aliphatic carbocycles. The first-order valence-electron chi connectivity index (χ1n) is 4.71. The van der Waals surface area contributed by atoms with Crippen LogP contribution in [0.3, 0.4) is 0 Å². The first-order chi connectivity index (χ1) is 7.58. The number of pyridine rings is 1. The second kappa shape index (κ2) is 4.23. The summed E-state index contributed by atoms with van der Waals surface area (Å²) in [5.41, 5.74) is 1.09. The average Bonchev–Trinajstić information content (AvgIpc) is 2.27.